The maximum Gasteiger partial charge on any atom is 0.260 e. The average Bonchev–Trinajstić information content (AvgIpc) is 2.88. The van der Waals surface area contributed by atoms with E-state index in [1.54, 1.807) is 0 Å². The normalized spacial score (nSPS) is 15.5. The number of benzene rings is 2. The van der Waals surface area contributed by atoms with Crippen molar-refractivity contribution in [2.45, 2.75) is 19.9 Å². The fraction of sp³-hybridized carbons (Fsp3) is 0.381. The van der Waals surface area contributed by atoms with Crippen molar-refractivity contribution < 1.29 is 13.9 Å². The third-order valence-corrected chi connectivity index (χ3v) is 4.71. The number of para-hydroxylation sites is 1. The van der Waals surface area contributed by atoms with Gasteiger partial charge < -0.3 is 9.64 Å². The fourth-order valence-electron chi connectivity index (χ4n) is 3.18. The molecule has 0 N–H and O–H groups in total. The van der Waals surface area contributed by atoms with Gasteiger partial charge in [-0.05, 0) is 42.7 Å². The maximum absolute atomic E-state index is 13.0. The van der Waals surface area contributed by atoms with Crippen molar-refractivity contribution in [2.75, 3.05) is 32.8 Å². The number of amides is 1. The Hall–Kier alpha value is -2.40. The van der Waals surface area contributed by atoms with Gasteiger partial charge in [-0.1, -0.05) is 30.3 Å². The van der Waals surface area contributed by atoms with E-state index in [4.69, 9.17) is 4.74 Å². The Kier molecular flexibility index (Phi) is 6.23. The Morgan fingerprint density at radius 1 is 1.04 bits per heavy atom. The first-order chi connectivity index (χ1) is 12.6. The number of ether oxygens (including phenoxy) is 1. The lowest BCUT2D eigenvalue weighted by Gasteiger charge is -2.22. The number of hydrogen-bond donors (Lipinski definition) is 0. The summed E-state index contributed by atoms with van der Waals surface area (Å²) in [6.45, 7) is 6.00. The Balaban J connectivity index is 1.49. The molecule has 2 aromatic carbocycles. The molecule has 0 atom stereocenters. The highest BCUT2D eigenvalue weighted by Gasteiger charge is 2.19. The molecule has 138 valence electrons. The number of nitrogens with zero attached hydrogens (tertiary/aromatic N) is 2. The first kappa shape index (κ1) is 18.4. The molecule has 1 fully saturated rings. The molecule has 0 bridgehead atoms. The molecule has 26 heavy (non-hydrogen) atoms. The van der Waals surface area contributed by atoms with Crippen LogP contribution in [0.4, 0.5) is 4.39 Å². The molecule has 4 nitrogen and oxygen atoms in total. The van der Waals surface area contributed by atoms with E-state index in [2.05, 4.69) is 4.90 Å². The van der Waals surface area contributed by atoms with Crippen LogP contribution in [0.1, 0.15) is 17.5 Å². The molecule has 1 saturated heterocycles. The van der Waals surface area contributed by atoms with Crippen molar-refractivity contribution in [3.63, 3.8) is 0 Å². The monoisotopic (exact) mass is 356 g/mol. The van der Waals surface area contributed by atoms with E-state index in [0.29, 0.717) is 6.54 Å². The van der Waals surface area contributed by atoms with E-state index >= 15 is 0 Å². The lowest BCUT2D eigenvalue weighted by Crippen LogP contribution is -2.38. The molecule has 0 aliphatic carbocycles. The standard InChI is InChI=1S/C21H25FN2O2/c1-17-5-2-3-6-20(17)26-16-21(25)24-12-4-11-23(13-14-24)15-18-7-9-19(22)10-8-18/h2-3,5-10H,4,11-16H2,1H3. The number of carbonyl (C=O) groups excluding carboxylic acids is 1. The molecule has 0 aromatic heterocycles. The van der Waals surface area contributed by atoms with Gasteiger partial charge in [0.1, 0.15) is 11.6 Å². The number of hydrogen-bond acceptors (Lipinski definition) is 3. The van der Waals surface area contributed by atoms with Gasteiger partial charge in [0.05, 0.1) is 0 Å². The summed E-state index contributed by atoms with van der Waals surface area (Å²) in [6, 6.07) is 14.3. The molecule has 0 radical (unpaired) electrons. The quantitative estimate of drug-likeness (QED) is 0.824. The van der Waals surface area contributed by atoms with E-state index in [9.17, 15) is 9.18 Å². The topological polar surface area (TPSA) is 32.8 Å². The molecule has 0 spiro atoms. The lowest BCUT2D eigenvalue weighted by molar-refractivity contribution is -0.133. The molecule has 2 aromatic rings. The van der Waals surface area contributed by atoms with Crippen molar-refractivity contribution in [3.05, 3.63) is 65.5 Å². The maximum atomic E-state index is 13.0. The highest BCUT2D eigenvalue weighted by Crippen LogP contribution is 2.16. The smallest absolute Gasteiger partial charge is 0.260 e. The van der Waals surface area contributed by atoms with Crippen LogP contribution in [0, 0.1) is 12.7 Å². The Labute approximate surface area is 154 Å². The van der Waals surface area contributed by atoms with E-state index in [0.717, 1.165) is 49.5 Å². The molecule has 0 saturated carbocycles. The highest BCUT2D eigenvalue weighted by molar-refractivity contribution is 5.77. The van der Waals surface area contributed by atoms with Gasteiger partial charge in [-0.25, -0.2) is 4.39 Å². The van der Waals surface area contributed by atoms with Gasteiger partial charge >= 0.3 is 0 Å². The average molecular weight is 356 g/mol. The van der Waals surface area contributed by atoms with E-state index < -0.39 is 0 Å². The van der Waals surface area contributed by atoms with Gasteiger partial charge in [0.15, 0.2) is 6.61 Å². The summed E-state index contributed by atoms with van der Waals surface area (Å²) >= 11 is 0. The van der Waals surface area contributed by atoms with Crippen LogP contribution in [0.3, 0.4) is 0 Å². The van der Waals surface area contributed by atoms with Crippen LogP contribution in [-0.4, -0.2) is 48.5 Å². The van der Waals surface area contributed by atoms with Gasteiger partial charge in [-0.15, -0.1) is 0 Å². The van der Waals surface area contributed by atoms with Crippen LogP contribution in [0.15, 0.2) is 48.5 Å². The van der Waals surface area contributed by atoms with Crippen LogP contribution in [0.25, 0.3) is 0 Å². The zero-order valence-corrected chi connectivity index (χ0v) is 15.2. The van der Waals surface area contributed by atoms with Crippen molar-refractivity contribution in [2.24, 2.45) is 0 Å². The minimum atomic E-state index is -0.213. The van der Waals surface area contributed by atoms with Crippen LogP contribution in [0.5, 0.6) is 5.75 Å². The molecule has 1 heterocycles. The summed E-state index contributed by atoms with van der Waals surface area (Å²) < 4.78 is 18.7. The molecule has 1 amide bonds. The third-order valence-electron chi connectivity index (χ3n) is 4.71. The first-order valence-corrected chi connectivity index (χ1v) is 9.05. The van der Waals surface area contributed by atoms with Crippen molar-refractivity contribution in [1.82, 2.24) is 9.80 Å². The van der Waals surface area contributed by atoms with Crippen LogP contribution >= 0.6 is 0 Å². The summed E-state index contributed by atoms with van der Waals surface area (Å²) in [4.78, 5) is 16.7. The van der Waals surface area contributed by atoms with Gasteiger partial charge in [-0.2, -0.15) is 0 Å². The molecular weight excluding hydrogens is 331 g/mol. The Bertz CT molecular complexity index is 733. The molecule has 1 aliphatic rings. The van der Waals surface area contributed by atoms with Gasteiger partial charge in [-0.3, -0.25) is 9.69 Å². The van der Waals surface area contributed by atoms with Crippen molar-refractivity contribution in [1.29, 1.82) is 0 Å². The SMILES string of the molecule is Cc1ccccc1OCC(=O)N1CCCN(Cc2ccc(F)cc2)CC1. The summed E-state index contributed by atoms with van der Waals surface area (Å²) in [5, 5.41) is 0. The van der Waals surface area contributed by atoms with E-state index in [1.807, 2.05) is 48.2 Å². The van der Waals surface area contributed by atoms with E-state index in [-0.39, 0.29) is 18.3 Å². The second kappa shape index (κ2) is 8.81. The number of carbonyl (C=O) groups is 1. The van der Waals surface area contributed by atoms with Gasteiger partial charge in [0.25, 0.3) is 5.91 Å². The van der Waals surface area contributed by atoms with E-state index in [1.165, 1.54) is 12.1 Å². The largest absolute Gasteiger partial charge is 0.484 e. The zero-order chi connectivity index (χ0) is 18.4. The zero-order valence-electron chi connectivity index (χ0n) is 15.2. The predicted molar refractivity (Wildman–Crippen MR) is 99.5 cm³/mol. The Morgan fingerprint density at radius 3 is 2.58 bits per heavy atom. The number of halogens is 1. The molecule has 1 aliphatic heterocycles. The fourth-order valence-corrected chi connectivity index (χ4v) is 3.18. The summed E-state index contributed by atoms with van der Waals surface area (Å²) in [6.07, 6.45) is 0.928. The summed E-state index contributed by atoms with van der Waals surface area (Å²) in [5.41, 5.74) is 2.12. The first-order valence-electron chi connectivity index (χ1n) is 9.05. The van der Waals surface area contributed by atoms with Crippen molar-refractivity contribution >= 4 is 5.91 Å². The van der Waals surface area contributed by atoms with Gasteiger partial charge in [0.2, 0.25) is 0 Å². The number of rotatable bonds is 5. The highest BCUT2D eigenvalue weighted by atomic mass is 19.1. The third kappa shape index (κ3) is 5.05. The van der Waals surface area contributed by atoms with Crippen LogP contribution < -0.4 is 4.74 Å². The minimum Gasteiger partial charge on any atom is -0.484 e. The predicted octanol–water partition coefficient (Wildman–Crippen LogP) is 3.25. The summed E-state index contributed by atoms with van der Waals surface area (Å²) in [7, 11) is 0. The molecule has 3 rings (SSSR count). The van der Waals surface area contributed by atoms with Crippen molar-refractivity contribution in [3.8, 4) is 5.75 Å². The number of aryl methyl sites for hydroxylation is 1. The van der Waals surface area contributed by atoms with Crippen LogP contribution in [-0.2, 0) is 11.3 Å². The second-order valence-corrected chi connectivity index (χ2v) is 6.69. The Morgan fingerprint density at radius 2 is 1.81 bits per heavy atom. The molecule has 5 heteroatoms. The minimum absolute atomic E-state index is 0.0249. The molecule has 0 unspecified atom stereocenters. The second-order valence-electron chi connectivity index (χ2n) is 6.69. The molecular formula is C21H25FN2O2. The summed E-state index contributed by atoms with van der Waals surface area (Å²) in [5.74, 6) is 0.570. The van der Waals surface area contributed by atoms with Gasteiger partial charge in [0, 0.05) is 32.7 Å². The lowest BCUT2D eigenvalue weighted by atomic mass is 10.2. The van der Waals surface area contributed by atoms with Crippen LogP contribution in [0.2, 0.25) is 0 Å².